The molecule has 1 N–H and O–H groups in total. The predicted octanol–water partition coefficient (Wildman–Crippen LogP) is 3.83. The first-order chi connectivity index (χ1) is 10.0. The summed E-state index contributed by atoms with van der Waals surface area (Å²) < 4.78 is 37.9. The van der Waals surface area contributed by atoms with Gasteiger partial charge in [0.2, 0.25) is 0 Å². The van der Waals surface area contributed by atoms with E-state index in [-0.39, 0.29) is 5.56 Å². The molecule has 112 valence electrons. The molecule has 1 unspecified atom stereocenters. The minimum absolute atomic E-state index is 0.162. The van der Waals surface area contributed by atoms with Crippen molar-refractivity contribution in [2.75, 3.05) is 14.2 Å². The summed E-state index contributed by atoms with van der Waals surface area (Å²) in [5.41, 5.74) is 0.139. The van der Waals surface area contributed by atoms with Gasteiger partial charge in [-0.05, 0) is 34.1 Å². The zero-order valence-electron chi connectivity index (χ0n) is 11.4. The summed E-state index contributed by atoms with van der Waals surface area (Å²) in [6, 6.07) is 6.79. The number of benzene rings is 2. The maximum atomic E-state index is 13.8. The van der Waals surface area contributed by atoms with E-state index in [0.29, 0.717) is 21.5 Å². The number of ether oxygens (including phenoxy) is 2. The monoisotopic (exact) mass is 358 g/mol. The SMILES string of the molecule is COc1ccc(C(O)c2cccc(F)c2F)c(OC)c1Br. The highest BCUT2D eigenvalue weighted by atomic mass is 79.9. The Hall–Kier alpha value is -1.66. The van der Waals surface area contributed by atoms with Gasteiger partial charge < -0.3 is 14.6 Å². The van der Waals surface area contributed by atoms with Crippen LogP contribution in [0.25, 0.3) is 0 Å². The predicted molar refractivity (Wildman–Crippen MR) is 77.7 cm³/mol. The zero-order chi connectivity index (χ0) is 15.6. The Morgan fingerprint density at radius 2 is 1.76 bits per heavy atom. The third kappa shape index (κ3) is 2.87. The van der Waals surface area contributed by atoms with Gasteiger partial charge in [0.25, 0.3) is 0 Å². The van der Waals surface area contributed by atoms with Crippen molar-refractivity contribution >= 4 is 15.9 Å². The summed E-state index contributed by atoms with van der Waals surface area (Å²) in [5, 5.41) is 10.3. The number of methoxy groups -OCH3 is 2. The van der Waals surface area contributed by atoms with Crippen LogP contribution in [0.15, 0.2) is 34.8 Å². The molecule has 0 amide bonds. The quantitative estimate of drug-likeness (QED) is 0.902. The fourth-order valence-corrected chi connectivity index (χ4v) is 2.72. The van der Waals surface area contributed by atoms with Crippen LogP contribution in [0.2, 0.25) is 0 Å². The van der Waals surface area contributed by atoms with E-state index in [1.54, 1.807) is 6.07 Å². The van der Waals surface area contributed by atoms with E-state index in [0.717, 1.165) is 6.07 Å². The average molecular weight is 359 g/mol. The summed E-state index contributed by atoms with van der Waals surface area (Å²) in [6.45, 7) is 0. The van der Waals surface area contributed by atoms with E-state index in [9.17, 15) is 13.9 Å². The maximum absolute atomic E-state index is 13.8. The third-order valence-electron chi connectivity index (χ3n) is 3.09. The Labute approximate surface area is 129 Å². The Morgan fingerprint density at radius 1 is 1.05 bits per heavy atom. The van der Waals surface area contributed by atoms with Gasteiger partial charge >= 0.3 is 0 Å². The van der Waals surface area contributed by atoms with Gasteiger partial charge in [0.1, 0.15) is 22.1 Å². The van der Waals surface area contributed by atoms with E-state index in [1.165, 1.54) is 32.4 Å². The molecule has 0 aliphatic rings. The van der Waals surface area contributed by atoms with Crippen molar-refractivity contribution in [1.82, 2.24) is 0 Å². The molecule has 0 aromatic heterocycles. The summed E-state index contributed by atoms with van der Waals surface area (Å²) in [6.07, 6.45) is -1.36. The second-order valence-electron chi connectivity index (χ2n) is 4.25. The molecule has 6 heteroatoms. The van der Waals surface area contributed by atoms with Crippen LogP contribution in [-0.2, 0) is 0 Å². The van der Waals surface area contributed by atoms with Crippen molar-refractivity contribution in [1.29, 1.82) is 0 Å². The van der Waals surface area contributed by atoms with E-state index < -0.39 is 17.7 Å². The lowest BCUT2D eigenvalue weighted by Gasteiger charge is -2.18. The molecule has 3 nitrogen and oxygen atoms in total. The molecule has 0 radical (unpaired) electrons. The Bertz CT molecular complexity index is 662. The van der Waals surface area contributed by atoms with Crippen LogP contribution in [0.1, 0.15) is 17.2 Å². The lowest BCUT2D eigenvalue weighted by atomic mass is 9.99. The lowest BCUT2D eigenvalue weighted by Crippen LogP contribution is -2.07. The molecule has 0 aliphatic carbocycles. The van der Waals surface area contributed by atoms with Crippen molar-refractivity contribution < 1.29 is 23.4 Å². The normalized spacial score (nSPS) is 12.1. The molecule has 21 heavy (non-hydrogen) atoms. The highest BCUT2D eigenvalue weighted by Crippen LogP contribution is 2.41. The molecule has 0 heterocycles. The number of hydrogen-bond acceptors (Lipinski definition) is 3. The van der Waals surface area contributed by atoms with Gasteiger partial charge in [0, 0.05) is 11.1 Å². The van der Waals surface area contributed by atoms with Crippen molar-refractivity contribution in [3.63, 3.8) is 0 Å². The van der Waals surface area contributed by atoms with Crippen molar-refractivity contribution in [3.05, 3.63) is 57.6 Å². The van der Waals surface area contributed by atoms with Crippen molar-refractivity contribution in [3.8, 4) is 11.5 Å². The molecule has 0 spiro atoms. The first-order valence-corrected chi connectivity index (χ1v) is 6.82. The van der Waals surface area contributed by atoms with Crippen LogP contribution in [0.5, 0.6) is 11.5 Å². The smallest absolute Gasteiger partial charge is 0.164 e. The molecule has 0 fully saturated rings. The molecule has 0 saturated carbocycles. The van der Waals surface area contributed by atoms with Gasteiger partial charge in [-0.15, -0.1) is 0 Å². The molecular formula is C15H13BrF2O3. The fourth-order valence-electron chi connectivity index (χ4n) is 2.03. The van der Waals surface area contributed by atoms with Gasteiger partial charge in [0.15, 0.2) is 11.6 Å². The van der Waals surface area contributed by atoms with Crippen LogP contribution in [0, 0.1) is 11.6 Å². The first kappa shape index (κ1) is 15.7. The van der Waals surface area contributed by atoms with Crippen molar-refractivity contribution in [2.24, 2.45) is 0 Å². The Morgan fingerprint density at radius 3 is 2.38 bits per heavy atom. The average Bonchev–Trinajstić information content (AvgIpc) is 2.49. The van der Waals surface area contributed by atoms with E-state index in [2.05, 4.69) is 15.9 Å². The lowest BCUT2D eigenvalue weighted by molar-refractivity contribution is 0.207. The van der Waals surface area contributed by atoms with Crippen LogP contribution in [0.3, 0.4) is 0 Å². The minimum atomic E-state index is -1.36. The standard InChI is InChI=1S/C15H13BrF2O3/c1-20-11-7-6-9(15(21-2)12(11)16)14(19)8-4-3-5-10(17)13(8)18/h3-7,14,19H,1-2H3. The van der Waals surface area contributed by atoms with Crippen LogP contribution >= 0.6 is 15.9 Å². The van der Waals surface area contributed by atoms with E-state index in [1.807, 2.05) is 0 Å². The third-order valence-corrected chi connectivity index (χ3v) is 3.84. The summed E-state index contributed by atoms with van der Waals surface area (Å²) in [7, 11) is 2.90. The molecule has 0 saturated heterocycles. The molecule has 2 aromatic rings. The number of halogens is 3. The van der Waals surface area contributed by atoms with Gasteiger partial charge in [-0.3, -0.25) is 0 Å². The molecule has 2 aromatic carbocycles. The first-order valence-electron chi connectivity index (χ1n) is 6.03. The molecule has 0 bridgehead atoms. The molecular weight excluding hydrogens is 346 g/mol. The number of hydrogen-bond donors (Lipinski definition) is 1. The van der Waals surface area contributed by atoms with Crippen molar-refractivity contribution in [2.45, 2.75) is 6.10 Å². The van der Waals surface area contributed by atoms with Gasteiger partial charge in [-0.2, -0.15) is 0 Å². The molecule has 0 aliphatic heterocycles. The zero-order valence-corrected chi connectivity index (χ0v) is 12.9. The van der Waals surface area contributed by atoms with Crippen LogP contribution in [-0.4, -0.2) is 19.3 Å². The maximum Gasteiger partial charge on any atom is 0.164 e. The highest BCUT2D eigenvalue weighted by Gasteiger charge is 2.23. The van der Waals surface area contributed by atoms with Gasteiger partial charge in [-0.25, -0.2) is 8.78 Å². The summed E-state index contributed by atoms with van der Waals surface area (Å²) >= 11 is 3.30. The van der Waals surface area contributed by atoms with Gasteiger partial charge in [0.05, 0.1) is 14.2 Å². The Kier molecular flexibility index (Phi) is 4.80. The van der Waals surface area contributed by atoms with Crippen LogP contribution in [0.4, 0.5) is 8.78 Å². The van der Waals surface area contributed by atoms with Crippen LogP contribution < -0.4 is 9.47 Å². The van der Waals surface area contributed by atoms with E-state index in [4.69, 9.17) is 9.47 Å². The molecule has 2 rings (SSSR count). The Balaban J connectivity index is 2.56. The second kappa shape index (κ2) is 6.41. The second-order valence-corrected chi connectivity index (χ2v) is 5.04. The minimum Gasteiger partial charge on any atom is -0.495 e. The largest absolute Gasteiger partial charge is 0.495 e. The topological polar surface area (TPSA) is 38.7 Å². The van der Waals surface area contributed by atoms with E-state index >= 15 is 0 Å². The van der Waals surface area contributed by atoms with Gasteiger partial charge in [-0.1, -0.05) is 12.1 Å². The number of aliphatic hydroxyl groups excluding tert-OH is 1. The summed E-state index contributed by atoms with van der Waals surface area (Å²) in [4.78, 5) is 0. The number of rotatable bonds is 4. The number of aliphatic hydroxyl groups is 1. The summed E-state index contributed by atoms with van der Waals surface area (Å²) in [5.74, 6) is -1.30. The molecule has 1 atom stereocenters. The fraction of sp³-hybridized carbons (Fsp3) is 0.200. The highest BCUT2D eigenvalue weighted by molar-refractivity contribution is 9.10.